The van der Waals surface area contributed by atoms with Gasteiger partial charge in [0, 0.05) is 18.3 Å². The predicted molar refractivity (Wildman–Crippen MR) is 115 cm³/mol. The second kappa shape index (κ2) is 8.14. The molecule has 0 aliphatic carbocycles. The number of aromatic nitrogens is 2. The van der Waals surface area contributed by atoms with Crippen molar-refractivity contribution in [1.82, 2.24) is 9.78 Å². The van der Waals surface area contributed by atoms with E-state index in [2.05, 4.69) is 31.1 Å². The smallest absolute Gasteiger partial charge is 0.358 e. The standard InChI is InChI=1S/C24H25N3O3/c1-16(2)17-11-12-21-18(14-17)8-7-13-26(21)23(28)22-15-20(24(29)30-3)25-27(22)19-9-5-4-6-10-19/h4-6,9-12,14-16H,7-8,13H2,1-3H3. The van der Waals surface area contributed by atoms with Gasteiger partial charge in [-0.1, -0.05) is 44.2 Å². The van der Waals surface area contributed by atoms with Gasteiger partial charge in [0.2, 0.25) is 0 Å². The van der Waals surface area contributed by atoms with E-state index in [4.69, 9.17) is 4.74 Å². The first-order valence-electron chi connectivity index (χ1n) is 10.2. The van der Waals surface area contributed by atoms with Crippen molar-refractivity contribution in [1.29, 1.82) is 0 Å². The van der Waals surface area contributed by atoms with Crippen LogP contribution in [0, 0.1) is 0 Å². The van der Waals surface area contributed by atoms with Crippen LogP contribution in [0.25, 0.3) is 5.69 Å². The van der Waals surface area contributed by atoms with Gasteiger partial charge >= 0.3 is 5.97 Å². The van der Waals surface area contributed by atoms with E-state index in [-0.39, 0.29) is 11.6 Å². The normalized spacial score (nSPS) is 13.3. The Hall–Kier alpha value is -3.41. The molecule has 1 aliphatic rings. The van der Waals surface area contributed by atoms with Gasteiger partial charge in [0.1, 0.15) is 5.69 Å². The molecule has 0 N–H and O–H groups in total. The topological polar surface area (TPSA) is 64.4 Å². The minimum atomic E-state index is -0.570. The summed E-state index contributed by atoms with van der Waals surface area (Å²) in [5.74, 6) is -0.317. The molecule has 0 spiro atoms. The molecule has 4 rings (SSSR count). The highest BCUT2D eigenvalue weighted by Gasteiger charge is 2.28. The van der Waals surface area contributed by atoms with Crippen molar-refractivity contribution in [3.8, 4) is 5.69 Å². The number of aryl methyl sites for hydroxylation is 1. The van der Waals surface area contributed by atoms with Crippen molar-refractivity contribution < 1.29 is 14.3 Å². The number of methoxy groups -OCH3 is 1. The van der Waals surface area contributed by atoms with Crippen LogP contribution in [0.15, 0.2) is 54.6 Å². The van der Waals surface area contributed by atoms with Gasteiger partial charge in [0.05, 0.1) is 12.8 Å². The zero-order valence-corrected chi connectivity index (χ0v) is 17.5. The van der Waals surface area contributed by atoms with Gasteiger partial charge in [0.25, 0.3) is 5.91 Å². The summed E-state index contributed by atoms with van der Waals surface area (Å²) in [5.41, 5.74) is 4.53. The van der Waals surface area contributed by atoms with E-state index in [0.29, 0.717) is 23.8 Å². The minimum Gasteiger partial charge on any atom is -0.464 e. The molecule has 0 bridgehead atoms. The number of esters is 1. The van der Waals surface area contributed by atoms with Crippen molar-refractivity contribution in [3.63, 3.8) is 0 Å². The third-order valence-corrected chi connectivity index (χ3v) is 5.46. The molecular weight excluding hydrogens is 378 g/mol. The van der Waals surface area contributed by atoms with Gasteiger partial charge < -0.3 is 9.64 Å². The number of benzene rings is 2. The largest absolute Gasteiger partial charge is 0.464 e. The number of amides is 1. The molecule has 2 heterocycles. The SMILES string of the molecule is COC(=O)c1cc(C(=O)N2CCCc3cc(C(C)C)ccc32)n(-c2ccccc2)n1. The lowest BCUT2D eigenvalue weighted by molar-refractivity contribution is 0.0593. The first-order chi connectivity index (χ1) is 14.5. The maximum Gasteiger partial charge on any atom is 0.358 e. The molecule has 0 radical (unpaired) electrons. The van der Waals surface area contributed by atoms with Gasteiger partial charge in [0.15, 0.2) is 5.69 Å². The van der Waals surface area contributed by atoms with E-state index in [1.807, 2.05) is 36.4 Å². The van der Waals surface area contributed by atoms with Crippen molar-refractivity contribution in [2.45, 2.75) is 32.6 Å². The Kier molecular flexibility index (Phi) is 5.40. The Morgan fingerprint density at radius 2 is 1.83 bits per heavy atom. The number of rotatable bonds is 4. The summed E-state index contributed by atoms with van der Waals surface area (Å²) < 4.78 is 6.34. The number of hydrogen-bond donors (Lipinski definition) is 0. The second-order valence-electron chi connectivity index (χ2n) is 7.76. The second-order valence-corrected chi connectivity index (χ2v) is 7.76. The van der Waals surface area contributed by atoms with Crippen LogP contribution in [0.5, 0.6) is 0 Å². The highest BCUT2D eigenvalue weighted by molar-refractivity contribution is 6.07. The predicted octanol–water partition coefficient (Wildman–Crippen LogP) is 4.38. The number of anilines is 1. The molecule has 0 unspecified atom stereocenters. The fourth-order valence-electron chi connectivity index (χ4n) is 3.83. The third-order valence-electron chi connectivity index (χ3n) is 5.46. The van der Waals surface area contributed by atoms with Gasteiger partial charge in [-0.2, -0.15) is 5.10 Å². The molecule has 6 nitrogen and oxygen atoms in total. The van der Waals surface area contributed by atoms with Crippen molar-refractivity contribution in [2.24, 2.45) is 0 Å². The number of carbonyl (C=O) groups excluding carboxylic acids is 2. The van der Waals surface area contributed by atoms with Gasteiger partial charge in [-0.25, -0.2) is 9.48 Å². The van der Waals surface area contributed by atoms with Crippen LogP contribution in [0.2, 0.25) is 0 Å². The summed E-state index contributed by atoms with van der Waals surface area (Å²) >= 11 is 0. The number of fused-ring (bicyclic) bond motifs is 1. The first-order valence-corrected chi connectivity index (χ1v) is 10.2. The van der Waals surface area contributed by atoms with E-state index < -0.39 is 5.97 Å². The molecule has 1 amide bonds. The molecule has 6 heteroatoms. The van der Waals surface area contributed by atoms with Crippen LogP contribution in [0.1, 0.15) is 58.3 Å². The van der Waals surface area contributed by atoms with E-state index in [0.717, 1.165) is 18.5 Å². The van der Waals surface area contributed by atoms with E-state index in [1.54, 1.807) is 4.90 Å². The average Bonchev–Trinajstić information content (AvgIpc) is 3.23. The quantitative estimate of drug-likeness (QED) is 0.607. The number of ether oxygens (including phenoxy) is 1. The van der Waals surface area contributed by atoms with Gasteiger partial charge in [-0.15, -0.1) is 0 Å². The monoisotopic (exact) mass is 403 g/mol. The third kappa shape index (κ3) is 3.61. The fraction of sp³-hybridized carbons (Fsp3) is 0.292. The van der Waals surface area contributed by atoms with Crippen molar-refractivity contribution in [2.75, 3.05) is 18.6 Å². The molecule has 154 valence electrons. The Bertz CT molecular complexity index is 1090. The maximum atomic E-state index is 13.6. The number of nitrogens with zero attached hydrogens (tertiary/aromatic N) is 3. The Balaban J connectivity index is 1.77. The number of hydrogen-bond acceptors (Lipinski definition) is 4. The summed E-state index contributed by atoms with van der Waals surface area (Å²) in [5, 5.41) is 4.36. The Morgan fingerprint density at radius 3 is 2.53 bits per heavy atom. The zero-order chi connectivity index (χ0) is 21.3. The molecule has 1 aromatic heterocycles. The van der Waals surface area contributed by atoms with Gasteiger partial charge in [-0.3, -0.25) is 4.79 Å². The molecule has 1 aliphatic heterocycles. The molecule has 0 saturated carbocycles. The molecule has 0 saturated heterocycles. The van der Waals surface area contributed by atoms with Crippen LogP contribution in [-0.4, -0.2) is 35.3 Å². The first kappa shape index (κ1) is 19.9. The van der Waals surface area contributed by atoms with E-state index in [9.17, 15) is 9.59 Å². The van der Waals surface area contributed by atoms with E-state index >= 15 is 0 Å². The molecule has 0 fully saturated rings. The highest BCUT2D eigenvalue weighted by Crippen LogP contribution is 2.31. The lowest BCUT2D eigenvalue weighted by atomic mass is 9.94. The summed E-state index contributed by atoms with van der Waals surface area (Å²) in [7, 11) is 1.30. The number of para-hydroxylation sites is 1. The highest BCUT2D eigenvalue weighted by atomic mass is 16.5. The molecule has 3 aromatic rings. The van der Waals surface area contributed by atoms with Gasteiger partial charge in [-0.05, 0) is 48.1 Å². The fourth-order valence-corrected chi connectivity index (χ4v) is 3.83. The number of carbonyl (C=O) groups is 2. The Morgan fingerprint density at radius 1 is 1.07 bits per heavy atom. The molecule has 30 heavy (non-hydrogen) atoms. The Labute approximate surface area is 176 Å². The van der Waals surface area contributed by atoms with Crippen LogP contribution < -0.4 is 4.90 Å². The summed E-state index contributed by atoms with van der Waals surface area (Å²) in [4.78, 5) is 27.5. The maximum absolute atomic E-state index is 13.6. The molecular formula is C24H25N3O3. The summed E-state index contributed by atoms with van der Waals surface area (Å²) in [6.45, 7) is 4.96. The van der Waals surface area contributed by atoms with Crippen molar-refractivity contribution in [3.05, 3.63) is 77.1 Å². The molecule has 0 atom stereocenters. The van der Waals surface area contributed by atoms with Crippen LogP contribution in [0.3, 0.4) is 0 Å². The average molecular weight is 403 g/mol. The van der Waals surface area contributed by atoms with Crippen LogP contribution in [0.4, 0.5) is 5.69 Å². The molecule has 2 aromatic carbocycles. The zero-order valence-electron chi connectivity index (χ0n) is 17.5. The van der Waals surface area contributed by atoms with Crippen LogP contribution in [-0.2, 0) is 11.2 Å². The summed E-state index contributed by atoms with van der Waals surface area (Å²) in [6, 6.07) is 17.2. The summed E-state index contributed by atoms with van der Waals surface area (Å²) in [6.07, 6.45) is 1.84. The van der Waals surface area contributed by atoms with E-state index in [1.165, 1.54) is 29.0 Å². The van der Waals surface area contributed by atoms with Crippen molar-refractivity contribution >= 4 is 17.6 Å². The lowest BCUT2D eigenvalue weighted by Gasteiger charge is -2.30. The van der Waals surface area contributed by atoms with Crippen LogP contribution >= 0.6 is 0 Å². The lowest BCUT2D eigenvalue weighted by Crippen LogP contribution is -2.36. The minimum absolute atomic E-state index is 0.108.